The van der Waals surface area contributed by atoms with E-state index in [1.807, 2.05) is 7.05 Å². The molecule has 1 saturated carbocycles. The van der Waals surface area contributed by atoms with Gasteiger partial charge in [0.25, 0.3) is 0 Å². The summed E-state index contributed by atoms with van der Waals surface area (Å²) in [6.45, 7) is 1.62. The molecule has 0 bridgehead atoms. The zero-order valence-electron chi connectivity index (χ0n) is 10.6. The van der Waals surface area contributed by atoms with E-state index in [4.69, 9.17) is 5.11 Å². The number of carboxylic acid groups (broad SMARTS) is 1. The van der Waals surface area contributed by atoms with Gasteiger partial charge in [0, 0.05) is 19.5 Å². The Morgan fingerprint density at radius 1 is 1.35 bits per heavy atom. The highest BCUT2D eigenvalue weighted by molar-refractivity contribution is 5.80. The van der Waals surface area contributed by atoms with Crippen molar-refractivity contribution in [2.45, 2.75) is 25.7 Å². The lowest BCUT2D eigenvalue weighted by Gasteiger charge is -2.20. The molecule has 2 atom stereocenters. The number of carbonyl (C=O) groups is 2. The number of nitrogens with zero attached hydrogens (tertiary/aromatic N) is 1. The number of carboxylic acids is 1. The molecule has 2 N–H and O–H groups in total. The predicted octanol–water partition coefficient (Wildman–Crippen LogP) is 0.555. The quantitative estimate of drug-likeness (QED) is 0.668. The second kappa shape index (κ2) is 6.59. The van der Waals surface area contributed by atoms with Crippen molar-refractivity contribution in [2.24, 2.45) is 11.8 Å². The van der Waals surface area contributed by atoms with E-state index in [1.165, 1.54) is 0 Å². The lowest BCUT2D eigenvalue weighted by Crippen LogP contribution is -2.34. The summed E-state index contributed by atoms with van der Waals surface area (Å²) in [5.41, 5.74) is 0. The van der Waals surface area contributed by atoms with E-state index in [9.17, 15) is 9.59 Å². The van der Waals surface area contributed by atoms with E-state index < -0.39 is 5.97 Å². The predicted molar refractivity (Wildman–Crippen MR) is 64.6 cm³/mol. The Morgan fingerprint density at radius 2 is 2.00 bits per heavy atom. The van der Waals surface area contributed by atoms with Crippen LogP contribution < -0.4 is 5.32 Å². The second-order valence-corrected chi connectivity index (χ2v) is 4.76. The molecule has 0 saturated heterocycles. The molecular weight excluding hydrogens is 220 g/mol. The van der Waals surface area contributed by atoms with Crippen molar-refractivity contribution >= 4 is 11.9 Å². The summed E-state index contributed by atoms with van der Waals surface area (Å²) in [7, 11) is 3.68. The number of carbonyl (C=O) groups excluding carboxylic acids is 1. The highest BCUT2D eigenvalue weighted by atomic mass is 16.4. The van der Waals surface area contributed by atoms with Gasteiger partial charge in [-0.15, -0.1) is 0 Å². The summed E-state index contributed by atoms with van der Waals surface area (Å²) in [5, 5.41) is 11.9. The summed E-state index contributed by atoms with van der Waals surface area (Å²) in [4.78, 5) is 24.6. The SMILES string of the molecule is CNCCCN(C)C(=O)C1CCC(C(=O)O)C1. The van der Waals surface area contributed by atoms with Crippen LogP contribution >= 0.6 is 0 Å². The van der Waals surface area contributed by atoms with E-state index >= 15 is 0 Å². The lowest BCUT2D eigenvalue weighted by atomic mass is 10.0. The highest BCUT2D eigenvalue weighted by Crippen LogP contribution is 2.32. The summed E-state index contributed by atoms with van der Waals surface area (Å²) < 4.78 is 0. The molecule has 5 heteroatoms. The van der Waals surface area contributed by atoms with Crippen molar-refractivity contribution in [1.29, 1.82) is 0 Å². The number of rotatable bonds is 6. The van der Waals surface area contributed by atoms with Crippen LogP contribution in [0.2, 0.25) is 0 Å². The van der Waals surface area contributed by atoms with Crippen LogP contribution in [0.25, 0.3) is 0 Å². The van der Waals surface area contributed by atoms with Crippen molar-refractivity contribution in [3.05, 3.63) is 0 Å². The van der Waals surface area contributed by atoms with Gasteiger partial charge < -0.3 is 15.3 Å². The molecule has 0 aromatic rings. The Labute approximate surface area is 102 Å². The van der Waals surface area contributed by atoms with Crippen LogP contribution in [0.15, 0.2) is 0 Å². The standard InChI is InChI=1S/C12H22N2O3/c1-13-6-3-7-14(2)11(15)9-4-5-10(8-9)12(16)17/h9-10,13H,3-8H2,1-2H3,(H,16,17). The number of nitrogens with one attached hydrogen (secondary N) is 1. The van der Waals surface area contributed by atoms with Crippen molar-refractivity contribution in [3.63, 3.8) is 0 Å². The van der Waals surface area contributed by atoms with Crippen molar-refractivity contribution in [1.82, 2.24) is 10.2 Å². The maximum Gasteiger partial charge on any atom is 0.306 e. The number of hydrogen-bond donors (Lipinski definition) is 2. The third kappa shape index (κ3) is 4.00. The molecule has 0 heterocycles. The van der Waals surface area contributed by atoms with Gasteiger partial charge in [-0.2, -0.15) is 0 Å². The molecule has 1 aliphatic carbocycles. The Balaban J connectivity index is 2.35. The molecule has 2 unspecified atom stereocenters. The Bertz CT molecular complexity index is 281. The number of aliphatic carboxylic acids is 1. The monoisotopic (exact) mass is 242 g/mol. The van der Waals surface area contributed by atoms with Gasteiger partial charge in [0.15, 0.2) is 0 Å². The zero-order chi connectivity index (χ0) is 12.8. The fraction of sp³-hybridized carbons (Fsp3) is 0.833. The van der Waals surface area contributed by atoms with Crippen LogP contribution in [0.5, 0.6) is 0 Å². The first-order valence-corrected chi connectivity index (χ1v) is 6.18. The molecule has 5 nitrogen and oxygen atoms in total. The fourth-order valence-electron chi connectivity index (χ4n) is 2.34. The van der Waals surface area contributed by atoms with Crippen LogP contribution in [-0.4, -0.2) is 49.1 Å². The van der Waals surface area contributed by atoms with Gasteiger partial charge in [-0.3, -0.25) is 9.59 Å². The third-order valence-corrected chi connectivity index (χ3v) is 3.43. The molecule has 1 fully saturated rings. The van der Waals surface area contributed by atoms with Gasteiger partial charge in [-0.25, -0.2) is 0 Å². The molecule has 98 valence electrons. The zero-order valence-corrected chi connectivity index (χ0v) is 10.6. The lowest BCUT2D eigenvalue weighted by molar-refractivity contribution is -0.141. The topological polar surface area (TPSA) is 69.6 Å². The van der Waals surface area contributed by atoms with E-state index in [-0.39, 0.29) is 17.7 Å². The Kier molecular flexibility index (Phi) is 5.41. The van der Waals surface area contributed by atoms with Crippen LogP contribution in [0.4, 0.5) is 0 Å². The maximum atomic E-state index is 12.0. The minimum absolute atomic E-state index is 0.0873. The molecule has 1 aliphatic rings. The van der Waals surface area contributed by atoms with E-state index in [0.717, 1.165) is 19.5 Å². The maximum absolute atomic E-state index is 12.0. The molecule has 17 heavy (non-hydrogen) atoms. The first kappa shape index (κ1) is 14.0. The molecule has 0 spiro atoms. The Hall–Kier alpha value is -1.10. The average molecular weight is 242 g/mol. The summed E-state index contributed by atoms with van der Waals surface area (Å²) >= 11 is 0. The van der Waals surface area contributed by atoms with Gasteiger partial charge in [-0.05, 0) is 39.3 Å². The van der Waals surface area contributed by atoms with E-state index in [0.29, 0.717) is 19.3 Å². The average Bonchev–Trinajstić information content (AvgIpc) is 2.77. The van der Waals surface area contributed by atoms with Crippen molar-refractivity contribution in [3.8, 4) is 0 Å². The largest absolute Gasteiger partial charge is 0.481 e. The molecule has 1 amide bonds. The third-order valence-electron chi connectivity index (χ3n) is 3.43. The minimum atomic E-state index is -0.766. The van der Waals surface area contributed by atoms with E-state index in [1.54, 1.807) is 11.9 Å². The van der Waals surface area contributed by atoms with Crippen LogP contribution in [-0.2, 0) is 9.59 Å². The molecule has 0 radical (unpaired) electrons. The molecule has 0 aromatic carbocycles. The van der Waals surface area contributed by atoms with Gasteiger partial charge >= 0.3 is 5.97 Å². The number of hydrogen-bond acceptors (Lipinski definition) is 3. The smallest absolute Gasteiger partial charge is 0.306 e. The molecule has 1 rings (SSSR count). The molecular formula is C12H22N2O3. The Morgan fingerprint density at radius 3 is 2.53 bits per heavy atom. The highest BCUT2D eigenvalue weighted by Gasteiger charge is 2.34. The minimum Gasteiger partial charge on any atom is -0.481 e. The van der Waals surface area contributed by atoms with Gasteiger partial charge in [0.1, 0.15) is 0 Å². The van der Waals surface area contributed by atoms with E-state index in [2.05, 4.69) is 5.32 Å². The van der Waals surface area contributed by atoms with Crippen LogP contribution in [0.1, 0.15) is 25.7 Å². The second-order valence-electron chi connectivity index (χ2n) is 4.76. The summed E-state index contributed by atoms with van der Waals surface area (Å²) in [6, 6.07) is 0. The van der Waals surface area contributed by atoms with Gasteiger partial charge in [-0.1, -0.05) is 0 Å². The van der Waals surface area contributed by atoms with Gasteiger partial charge in [0.2, 0.25) is 5.91 Å². The summed E-state index contributed by atoms with van der Waals surface area (Å²) in [5.74, 6) is -1.08. The van der Waals surface area contributed by atoms with Gasteiger partial charge in [0.05, 0.1) is 5.92 Å². The first-order valence-electron chi connectivity index (χ1n) is 6.18. The van der Waals surface area contributed by atoms with Crippen LogP contribution in [0.3, 0.4) is 0 Å². The van der Waals surface area contributed by atoms with Crippen molar-refractivity contribution < 1.29 is 14.7 Å². The molecule has 0 aromatic heterocycles. The fourth-order valence-corrected chi connectivity index (χ4v) is 2.34. The summed E-state index contributed by atoms with van der Waals surface area (Å²) in [6.07, 6.45) is 2.78. The molecule has 0 aliphatic heterocycles. The van der Waals surface area contributed by atoms with Crippen molar-refractivity contribution in [2.75, 3.05) is 27.2 Å². The normalized spacial score (nSPS) is 23.6. The first-order chi connectivity index (χ1) is 8.06. The number of amides is 1. The van der Waals surface area contributed by atoms with Crippen LogP contribution in [0, 0.1) is 11.8 Å².